The fourth-order valence-corrected chi connectivity index (χ4v) is 3.77. The van der Waals surface area contributed by atoms with Crippen molar-refractivity contribution in [2.45, 2.75) is 18.2 Å². The van der Waals surface area contributed by atoms with Gasteiger partial charge in [0.25, 0.3) is 10.0 Å². The minimum absolute atomic E-state index is 0.0363. The maximum absolute atomic E-state index is 13.8. The summed E-state index contributed by atoms with van der Waals surface area (Å²) in [5.41, 5.74) is 0.0788. The third-order valence-electron chi connectivity index (χ3n) is 3.35. The maximum Gasteiger partial charge on any atom is 0.307 e. The van der Waals surface area contributed by atoms with Crippen LogP contribution in [0.4, 0.5) is 10.1 Å². The van der Waals surface area contributed by atoms with Gasteiger partial charge in [-0.3, -0.25) is 9.10 Å². The fourth-order valence-electron chi connectivity index (χ4n) is 2.17. The van der Waals surface area contributed by atoms with Crippen LogP contribution in [0.5, 0.6) is 0 Å². The highest BCUT2D eigenvalue weighted by Gasteiger charge is 2.26. The molecule has 0 bridgehead atoms. The van der Waals surface area contributed by atoms with Crippen molar-refractivity contribution in [2.24, 2.45) is 0 Å². The van der Waals surface area contributed by atoms with E-state index in [1.807, 2.05) is 0 Å². The molecule has 0 fully saturated rings. The van der Waals surface area contributed by atoms with Crippen LogP contribution in [0.1, 0.15) is 13.3 Å². The van der Waals surface area contributed by atoms with Crippen LogP contribution in [-0.2, 0) is 19.6 Å². The molecule has 5 nitrogen and oxygen atoms in total. The number of halogens is 2. The number of carbonyl (C=O) groups excluding carboxylic acids is 1. The van der Waals surface area contributed by atoms with Gasteiger partial charge in [-0.15, -0.1) is 0 Å². The zero-order valence-corrected chi connectivity index (χ0v) is 15.1. The first-order valence-electron chi connectivity index (χ1n) is 7.54. The highest BCUT2D eigenvalue weighted by atomic mass is 35.5. The largest absolute Gasteiger partial charge is 0.466 e. The summed E-state index contributed by atoms with van der Waals surface area (Å²) in [6, 6.07) is 11.4. The van der Waals surface area contributed by atoms with Crippen LogP contribution < -0.4 is 4.31 Å². The second kappa shape index (κ2) is 8.31. The first-order chi connectivity index (χ1) is 11.9. The van der Waals surface area contributed by atoms with Crippen LogP contribution in [0.25, 0.3) is 0 Å². The Labute approximate surface area is 151 Å². The molecule has 25 heavy (non-hydrogen) atoms. The van der Waals surface area contributed by atoms with Gasteiger partial charge in [0.05, 0.1) is 28.6 Å². The number of hydrogen-bond donors (Lipinski definition) is 0. The van der Waals surface area contributed by atoms with Gasteiger partial charge >= 0.3 is 5.97 Å². The summed E-state index contributed by atoms with van der Waals surface area (Å²) in [5.74, 6) is -1.28. The molecule has 134 valence electrons. The van der Waals surface area contributed by atoms with Gasteiger partial charge in [-0.2, -0.15) is 0 Å². The van der Waals surface area contributed by atoms with Crippen molar-refractivity contribution < 1.29 is 22.3 Å². The molecule has 0 atom stereocenters. The second-order valence-corrected chi connectivity index (χ2v) is 7.31. The Kier molecular flexibility index (Phi) is 6.39. The molecule has 0 unspecified atom stereocenters. The lowest BCUT2D eigenvalue weighted by atomic mass is 10.3. The van der Waals surface area contributed by atoms with Crippen LogP contribution in [0, 0.1) is 5.82 Å². The highest BCUT2D eigenvalue weighted by molar-refractivity contribution is 7.92. The van der Waals surface area contributed by atoms with Crippen LogP contribution in [0.15, 0.2) is 53.4 Å². The normalized spacial score (nSPS) is 11.2. The third-order valence-corrected chi connectivity index (χ3v) is 5.49. The predicted octanol–water partition coefficient (Wildman–Crippen LogP) is 3.63. The molecule has 0 saturated carbocycles. The molecule has 2 aromatic carbocycles. The van der Waals surface area contributed by atoms with E-state index in [2.05, 4.69) is 0 Å². The molecule has 0 aliphatic heterocycles. The lowest BCUT2D eigenvalue weighted by molar-refractivity contribution is -0.142. The molecule has 0 amide bonds. The van der Waals surface area contributed by atoms with Crippen molar-refractivity contribution in [3.8, 4) is 0 Å². The number of rotatable bonds is 7. The lowest BCUT2D eigenvalue weighted by Gasteiger charge is -2.24. The standard InChI is InChI=1S/C17H17ClFNO4S/c1-2-24-17(21)10-11-20(13-8-9-15(18)16(19)12-13)25(22,23)14-6-4-3-5-7-14/h3-9,12H,2,10-11H2,1H3. The molecular formula is C17H17ClFNO4S. The molecule has 2 aromatic rings. The van der Waals surface area contributed by atoms with Gasteiger partial charge in [-0.1, -0.05) is 29.8 Å². The number of benzene rings is 2. The number of hydrogen-bond acceptors (Lipinski definition) is 4. The monoisotopic (exact) mass is 385 g/mol. The van der Waals surface area contributed by atoms with Gasteiger partial charge < -0.3 is 4.74 Å². The molecule has 0 radical (unpaired) electrons. The summed E-state index contributed by atoms with van der Waals surface area (Å²) in [6.45, 7) is 1.67. The van der Waals surface area contributed by atoms with Crippen molar-refractivity contribution in [2.75, 3.05) is 17.5 Å². The topological polar surface area (TPSA) is 63.7 Å². The minimum atomic E-state index is -3.98. The molecule has 0 saturated heterocycles. The van der Waals surface area contributed by atoms with Crippen molar-refractivity contribution >= 4 is 33.3 Å². The molecule has 0 aromatic heterocycles. The Morgan fingerprint density at radius 3 is 2.48 bits per heavy atom. The highest BCUT2D eigenvalue weighted by Crippen LogP contribution is 2.27. The summed E-state index contributed by atoms with van der Waals surface area (Å²) >= 11 is 5.67. The first-order valence-corrected chi connectivity index (χ1v) is 9.36. The number of esters is 1. The zero-order chi connectivity index (χ0) is 18.4. The zero-order valence-electron chi connectivity index (χ0n) is 13.5. The smallest absolute Gasteiger partial charge is 0.307 e. The van der Waals surface area contributed by atoms with E-state index in [4.69, 9.17) is 16.3 Å². The van der Waals surface area contributed by atoms with Gasteiger partial charge in [-0.25, -0.2) is 12.8 Å². The number of carbonyl (C=O) groups is 1. The average Bonchev–Trinajstić information content (AvgIpc) is 2.59. The summed E-state index contributed by atoms with van der Waals surface area (Å²) in [7, 11) is -3.98. The molecule has 0 heterocycles. The summed E-state index contributed by atoms with van der Waals surface area (Å²) in [5, 5.41) is -0.119. The quantitative estimate of drug-likeness (QED) is 0.683. The Hall–Kier alpha value is -2.12. The summed E-state index contributed by atoms with van der Waals surface area (Å²) in [4.78, 5) is 11.7. The van der Waals surface area contributed by atoms with E-state index in [-0.39, 0.29) is 35.2 Å². The van der Waals surface area contributed by atoms with Crippen molar-refractivity contribution in [3.63, 3.8) is 0 Å². The van der Waals surface area contributed by atoms with Crippen LogP contribution in [-0.4, -0.2) is 27.5 Å². The molecule has 0 aliphatic carbocycles. The minimum Gasteiger partial charge on any atom is -0.466 e. The molecule has 2 rings (SSSR count). The van der Waals surface area contributed by atoms with Gasteiger partial charge in [0.2, 0.25) is 0 Å². The second-order valence-electron chi connectivity index (χ2n) is 5.04. The van der Waals surface area contributed by atoms with E-state index in [0.717, 1.165) is 10.4 Å². The van der Waals surface area contributed by atoms with Gasteiger partial charge in [-0.05, 0) is 37.3 Å². The Balaban J connectivity index is 2.41. The fraction of sp³-hybridized carbons (Fsp3) is 0.235. The summed E-state index contributed by atoms with van der Waals surface area (Å²) in [6.07, 6.45) is -0.163. The summed E-state index contributed by atoms with van der Waals surface area (Å²) < 4.78 is 45.4. The van der Waals surface area contributed by atoms with Crippen LogP contribution in [0.3, 0.4) is 0 Å². The van der Waals surface area contributed by atoms with E-state index >= 15 is 0 Å². The Bertz CT molecular complexity index is 843. The van der Waals surface area contributed by atoms with E-state index in [0.29, 0.717) is 0 Å². The van der Waals surface area contributed by atoms with Crippen LogP contribution in [0.2, 0.25) is 5.02 Å². The molecular weight excluding hydrogens is 369 g/mol. The average molecular weight is 386 g/mol. The molecule has 0 spiro atoms. The Morgan fingerprint density at radius 1 is 1.20 bits per heavy atom. The van der Waals surface area contributed by atoms with Crippen molar-refractivity contribution in [1.82, 2.24) is 0 Å². The van der Waals surface area contributed by atoms with Crippen LogP contribution >= 0.6 is 11.6 Å². The van der Waals surface area contributed by atoms with E-state index in [1.165, 1.54) is 24.3 Å². The predicted molar refractivity (Wildman–Crippen MR) is 93.6 cm³/mol. The van der Waals surface area contributed by atoms with Crippen molar-refractivity contribution in [3.05, 3.63) is 59.4 Å². The number of sulfonamides is 1. The SMILES string of the molecule is CCOC(=O)CCN(c1ccc(Cl)c(F)c1)S(=O)(=O)c1ccccc1. The van der Waals surface area contributed by atoms with Gasteiger partial charge in [0.1, 0.15) is 5.82 Å². The number of ether oxygens (including phenoxy) is 1. The first kappa shape index (κ1) is 19.2. The van der Waals surface area contributed by atoms with E-state index in [1.54, 1.807) is 25.1 Å². The molecule has 8 heteroatoms. The maximum atomic E-state index is 13.8. The number of nitrogens with zero attached hydrogens (tertiary/aromatic N) is 1. The van der Waals surface area contributed by atoms with Gasteiger partial charge in [0, 0.05) is 6.54 Å². The van der Waals surface area contributed by atoms with Crippen molar-refractivity contribution in [1.29, 1.82) is 0 Å². The third kappa shape index (κ3) is 4.70. The van der Waals surface area contributed by atoms with E-state index in [9.17, 15) is 17.6 Å². The number of anilines is 1. The van der Waals surface area contributed by atoms with Gasteiger partial charge in [0.15, 0.2) is 0 Å². The van der Waals surface area contributed by atoms with E-state index < -0.39 is 21.8 Å². The lowest BCUT2D eigenvalue weighted by Crippen LogP contribution is -2.33. The molecule has 0 aliphatic rings. The molecule has 0 N–H and O–H groups in total. The Morgan fingerprint density at radius 2 is 1.88 bits per heavy atom.